The fourth-order valence-corrected chi connectivity index (χ4v) is 2.44. The first-order chi connectivity index (χ1) is 12.5. The van der Waals surface area contributed by atoms with Crippen LogP contribution in [0.15, 0.2) is 48.5 Å². The molecule has 2 aromatic rings. The van der Waals surface area contributed by atoms with E-state index in [0.29, 0.717) is 27.3 Å². The maximum absolute atomic E-state index is 11.8. The predicted octanol–water partition coefficient (Wildman–Crippen LogP) is 3.71. The summed E-state index contributed by atoms with van der Waals surface area (Å²) < 4.78 is 5.10. The highest BCUT2D eigenvalue weighted by atomic mass is 35.5. The van der Waals surface area contributed by atoms with Crippen molar-refractivity contribution >= 4 is 52.5 Å². The summed E-state index contributed by atoms with van der Waals surface area (Å²) in [6.07, 6.45) is 2.90. The quantitative estimate of drug-likeness (QED) is 0.399. The molecule has 0 heterocycles. The van der Waals surface area contributed by atoms with Crippen molar-refractivity contribution in [2.45, 2.75) is 6.54 Å². The Bertz CT molecular complexity index is 811. The van der Waals surface area contributed by atoms with Gasteiger partial charge in [-0.15, -0.1) is 0 Å². The summed E-state index contributed by atoms with van der Waals surface area (Å²) in [7, 11) is 1.61. The Labute approximate surface area is 167 Å². The summed E-state index contributed by atoms with van der Waals surface area (Å²) in [4.78, 5) is 11.8. The molecule has 0 spiro atoms. The first kappa shape index (κ1) is 20.0. The van der Waals surface area contributed by atoms with Crippen LogP contribution in [-0.4, -0.2) is 18.1 Å². The van der Waals surface area contributed by atoms with Crippen LogP contribution in [0.2, 0.25) is 10.0 Å². The van der Waals surface area contributed by atoms with E-state index in [9.17, 15) is 4.79 Å². The number of ether oxygens (including phenoxy) is 1. The van der Waals surface area contributed by atoms with Crippen molar-refractivity contribution in [1.82, 2.24) is 16.2 Å². The number of rotatable bonds is 5. The summed E-state index contributed by atoms with van der Waals surface area (Å²) in [5.74, 6) is 0.406. The van der Waals surface area contributed by atoms with E-state index in [1.807, 2.05) is 24.3 Å². The molecule has 136 valence electrons. The van der Waals surface area contributed by atoms with Gasteiger partial charge in [-0.2, -0.15) is 0 Å². The summed E-state index contributed by atoms with van der Waals surface area (Å²) in [5, 5.41) is 4.10. The second-order valence-electron chi connectivity index (χ2n) is 5.12. The van der Waals surface area contributed by atoms with Gasteiger partial charge in [0.15, 0.2) is 5.11 Å². The first-order valence-corrected chi connectivity index (χ1v) is 8.75. The zero-order chi connectivity index (χ0) is 18.9. The van der Waals surface area contributed by atoms with Gasteiger partial charge < -0.3 is 10.1 Å². The molecule has 0 aliphatic carbocycles. The molecule has 0 aliphatic rings. The van der Waals surface area contributed by atoms with E-state index >= 15 is 0 Å². The van der Waals surface area contributed by atoms with Crippen molar-refractivity contribution in [2.24, 2.45) is 0 Å². The standard InChI is InChI=1S/C18H17Cl2N3O2S/c1-25-14-8-5-12(6-9-14)11-21-18(26)23-22-16(24)10-7-13-3-2-4-15(19)17(13)20/h2-10H,11H2,1H3,(H,22,24)(H2,21,23,26)/b10-7+. The summed E-state index contributed by atoms with van der Waals surface area (Å²) in [6, 6.07) is 12.8. The van der Waals surface area contributed by atoms with Crippen LogP contribution < -0.4 is 20.9 Å². The summed E-state index contributed by atoms with van der Waals surface area (Å²) in [6.45, 7) is 0.514. The van der Waals surface area contributed by atoms with Crippen LogP contribution in [0.1, 0.15) is 11.1 Å². The first-order valence-electron chi connectivity index (χ1n) is 7.58. The van der Waals surface area contributed by atoms with Crippen LogP contribution in [-0.2, 0) is 11.3 Å². The molecule has 0 fully saturated rings. The average molecular weight is 410 g/mol. The molecule has 0 bridgehead atoms. The molecule has 2 rings (SSSR count). The number of nitrogens with one attached hydrogen (secondary N) is 3. The molecule has 0 atom stereocenters. The number of thiocarbonyl (C=S) groups is 1. The molecule has 0 aliphatic heterocycles. The zero-order valence-corrected chi connectivity index (χ0v) is 16.2. The largest absolute Gasteiger partial charge is 0.497 e. The van der Waals surface area contributed by atoms with Crippen LogP contribution in [0.5, 0.6) is 5.75 Å². The zero-order valence-electron chi connectivity index (χ0n) is 13.9. The van der Waals surface area contributed by atoms with Gasteiger partial charge in [-0.25, -0.2) is 0 Å². The second kappa shape index (κ2) is 10.0. The van der Waals surface area contributed by atoms with Gasteiger partial charge >= 0.3 is 0 Å². The molecule has 0 saturated heterocycles. The fourth-order valence-electron chi connectivity index (χ4n) is 1.94. The van der Waals surface area contributed by atoms with E-state index < -0.39 is 0 Å². The third-order valence-electron chi connectivity index (χ3n) is 3.31. The average Bonchev–Trinajstić information content (AvgIpc) is 2.66. The number of hydrogen-bond acceptors (Lipinski definition) is 3. The molecule has 26 heavy (non-hydrogen) atoms. The van der Waals surface area contributed by atoms with Crippen LogP contribution in [0, 0.1) is 0 Å². The highest BCUT2D eigenvalue weighted by molar-refractivity contribution is 7.80. The fraction of sp³-hybridized carbons (Fsp3) is 0.111. The number of benzene rings is 2. The van der Waals surface area contributed by atoms with Crippen molar-refractivity contribution in [3.63, 3.8) is 0 Å². The number of methoxy groups -OCH3 is 1. The van der Waals surface area contributed by atoms with Crippen molar-refractivity contribution in [1.29, 1.82) is 0 Å². The lowest BCUT2D eigenvalue weighted by Gasteiger charge is -2.11. The Balaban J connectivity index is 1.76. The Morgan fingerprint density at radius 1 is 1.15 bits per heavy atom. The van der Waals surface area contributed by atoms with Gasteiger partial charge in [-0.1, -0.05) is 47.5 Å². The molecule has 8 heteroatoms. The van der Waals surface area contributed by atoms with Gasteiger partial charge in [0.25, 0.3) is 5.91 Å². The number of carbonyl (C=O) groups is 1. The Morgan fingerprint density at radius 2 is 1.88 bits per heavy atom. The molecule has 2 aromatic carbocycles. The topological polar surface area (TPSA) is 62.4 Å². The minimum absolute atomic E-state index is 0.295. The number of carbonyl (C=O) groups excluding carboxylic acids is 1. The Morgan fingerprint density at radius 3 is 2.58 bits per heavy atom. The maximum atomic E-state index is 11.8. The van der Waals surface area contributed by atoms with Crippen LogP contribution >= 0.6 is 35.4 Å². The summed E-state index contributed by atoms with van der Waals surface area (Å²) >= 11 is 17.1. The third kappa shape index (κ3) is 6.22. The molecular formula is C18H17Cl2N3O2S. The molecule has 0 unspecified atom stereocenters. The van der Waals surface area contributed by atoms with Crippen molar-refractivity contribution < 1.29 is 9.53 Å². The SMILES string of the molecule is COc1ccc(CNC(=S)NNC(=O)/C=C/c2cccc(Cl)c2Cl)cc1. The highest BCUT2D eigenvalue weighted by Crippen LogP contribution is 2.26. The van der Waals surface area contributed by atoms with Gasteiger partial charge in [0, 0.05) is 12.6 Å². The van der Waals surface area contributed by atoms with Crippen molar-refractivity contribution in [3.8, 4) is 5.75 Å². The smallest absolute Gasteiger partial charge is 0.262 e. The van der Waals surface area contributed by atoms with E-state index in [0.717, 1.165) is 11.3 Å². The lowest BCUT2D eigenvalue weighted by molar-refractivity contribution is -0.116. The number of halogens is 2. The normalized spacial score (nSPS) is 10.4. The van der Waals surface area contributed by atoms with Gasteiger partial charge in [0.2, 0.25) is 0 Å². The van der Waals surface area contributed by atoms with Gasteiger partial charge in [-0.3, -0.25) is 15.6 Å². The van der Waals surface area contributed by atoms with Gasteiger partial charge in [0.05, 0.1) is 17.2 Å². The van der Waals surface area contributed by atoms with E-state index in [1.165, 1.54) is 6.08 Å². The predicted molar refractivity (Wildman–Crippen MR) is 109 cm³/mol. The Kier molecular flexibility index (Phi) is 7.72. The molecule has 0 saturated carbocycles. The number of hydrogen-bond donors (Lipinski definition) is 3. The summed E-state index contributed by atoms with van der Waals surface area (Å²) in [5.41, 5.74) is 6.76. The maximum Gasteiger partial charge on any atom is 0.262 e. The molecule has 3 N–H and O–H groups in total. The van der Waals surface area contributed by atoms with E-state index in [-0.39, 0.29) is 5.91 Å². The number of amides is 1. The molecule has 5 nitrogen and oxygen atoms in total. The Hall–Kier alpha value is -2.28. The molecule has 0 radical (unpaired) electrons. The van der Waals surface area contributed by atoms with Gasteiger partial charge in [0.1, 0.15) is 5.75 Å². The molecule has 0 aromatic heterocycles. The van der Waals surface area contributed by atoms with Crippen LogP contribution in [0.4, 0.5) is 0 Å². The van der Waals surface area contributed by atoms with Crippen molar-refractivity contribution in [2.75, 3.05) is 7.11 Å². The lowest BCUT2D eigenvalue weighted by atomic mass is 10.2. The minimum atomic E-state index is -0.380. The van der Waals surface area contributed by atoms with E-state index in [2.05, 4.69) is 16.2 Å². The minimum Gasteiger partial charge on any atom is -0.497 e. The van der Waals surface area contributed by atoms with Crippen LogP contribution in [0.3, 0.4) is 0 Å². The van der Waals surface area contributed by atoms with Crippen molar-refractivity contribution in [3.05, 3.63) is 69.7 Å². The van der Waals surface area contributed by atoms with E-state index in [1.54, 1.807) is 31.4 Å². The molecular weight excluding hydrogens is 393 g/mol. The lowest BCUT2D eigenvalue weighted by Crippen LogP contribution is -2.45. The third-order valence-corrected chi connectivity index (χ3v) is 4.39. The van der Waals surface area contributed by atoms with Crippen LogP contribution in [0.25, 0.3) is 6.08 Å². The highest BCUT2D eigenvalue weighted by Gasteiger charge is 2.03. The monoisotopic (exact) mass is 409 g/mol. The van der Waals surface area contributed by atoms with Gasteiger partial charge in [-0.05, 0) is 47.6 Å². The second-order valence-corrected chi connectivity index (χ2v) is 6.31. The number of hydrazine groups is 1. The molecule has 1 amide bonds. The van der Waals surface area contributed by atoms with E-state index in [4.69, 9.17) is 40.2 Å².